The zero-order chi connectivity index (χ0) is 41.2. The lowest BCUT2D eigenvalue weighted by Crippen LogP contribution is -2.43. The molecule has 4 amide bonds. The number of allylic oxidation sites excluding steroid dienone is 2. The maximum Gasteiger partial charge on any atom is 0.416 e. The standard InChI is InChI=1S/C37H24F12N2O5/c1-14-3-2-4-22(29(14)52)26-21-5-6-23-27(32(55)50(30(23)53)19-9-15(34(38,39)40)7-16(10-19)35(41,42)43)24(21)13-25-28(26)33(56)51(31(25)54)20-11-17(36(44,45)46)8-18(12-20)37(47,48)49/h2-5,7-12,23-28,52H,6,13H2,1H3/t23-,24+,25+,26+,27-,28+/m0/s1. The number of rotatable bonds is 3. The zero-order valence-electron chi connectivity index (χ0n) is 28.2. The Balaban J connectivity index is 1.36. The third kappa shape index (κ3) is 6.18. The number of carbonyl (C=O) groups is 4. The molecular formula is C37H24F12N2O5. The number of alkyl halides is 12. The number of benzene rings is 3. The van der Waals surface area contributed by atoms with E-state index in [1.165, 1.54) is 31.2 Å². The number of amides is 4. The van der Waals surface area contributed by atoms with Crippen LogP contribution in [0, 0.1) is 36.5 Å². The highest BCUT2D eigenvalue weighted by Gasteiger charge is 2.63. The summed E-state index contributed by atoms with van der Waals surface area (Å²) < 4.78 is 165. The van der Waals surface area contributed by atoms with Crippen LogP contribution in [0.25, 0.3) is 0 Å². The summed E-state index contributed by atoms with van der Waals surface area (Å²) in [6, 6.07) is 4.60. The molecule has 0 bridgehead atoms. The molecule has 1 saturated carbocycles. The van der Waals surface area contributed by atoms with E-state index in [0.29, 0.717) is 0 Å². The van der Waals surface area contributed by atoms with Crippen LogP contribution < -0.4 is 9.80 Å². The SMILES string of the molecule is Cc1cccc([C@H]2C3=CC[C@@H]4C(=O)N(c5cc(C(F)(F)F)cc(C(F)(F)F)c5)C(=O)[C@@H]4[C@@H]3C[C@H]3C(=O)N(c4cc(C(F)(F)F)cc(C(F)(F)F)c4)C(=O)[C@@H]23)c1O. The monoisotopic (exact) mass is 804 g/mol. The molecule has 0 radical (unpaired) electrons. The van der Waals surface area contributed by atoms with Crippen molar-refractivity contribution < 1.29 is 77.0 Å². The van der Waals surface area contributed by atoms with Crippen LogP contribution in [0.1, 0.15) is 52.1 Å². The van der Waals surface area contributed by atoms with Gasteiger partial charge in [0.15, 0.2) is 0 Å². The van der Waals surface area contributed by atoms with Gasteiger partial charge in [0.25, 0.3) is 0 Å². The molecule has 3 aromatic rings. The summed E-state index contributed by atoms with van der Waals surface area (Å²) in [5.74, 6) is -14.1. The Labute approximate surface area is 307 Å². The topological polar surface area (TPSA) is 95.0 Å². The van der Waals surface area contributed by atoms with Crippen molar-refractivity contribution in [1.29, 1.82) is 0 Å². The highest BCUT2D eigenvalue weighted by Crippen LogP contribution is 2.60. The van der Waals surface area contributed by atoms with Crippen LogP contribution in [0.15, 0.2) is 66.2 Å². The summed E-state index contributed by atoms with van der Waals surface area (Å²) >= 11 is 0. The first-order chi connectivity index (χ1) is 25.8. The average molecular weight is 805 g/mol. The summed E-state index contributed by atoms with van der Waals surface area (Å²) in [7, 11) is 0. The number of phenolic OH excluding ortho intramolecular Hbond substituents is 1. The molecule has 19 heteroatoms. The third-order valence-electron chi connectivity index (χ3n) is 10.9. The third-order valence-corrected chi connectivity index (χ3v) is 10.9. The van der Waals surface area contributed by atoms with Gasteiger partial charge in [0.05, 0.1) is 57.3 Å². The van der Waals surface area contributed by atoms with Crippen LogP contribution in [0.4, 0.5) is 64.1 Å². The second kappa shape index (κ2) is 12.6. The number of para-hydroxylation sites is 1. The summed E-state index contributed by atoms with van der Waals surface area (Å²) in [6.07, 6.45) is -20.9. The van der Waals surface area contributed by atoms with Gasteiger partial charge in [-0.25, -0.2) is 9.80 Å². The lowest BCUT2D eigenvalue weighted by molar-refractivity contribution is -0.144. The number of imide groups is 2. The van der Waals surface area contributed by atoms with E-state index < -0.39 is 130 Å². The highest BCUT2D eigenvalue weighted by molar-refractivity contribution is 6.24. The van der Waals surface area contributed by atoms with Crippen molar-refractivity contribution in [3.8, 4) is 5.75 Å². The summed E-state index contributed by atoms with van der Waals surface area (Å²) in [6.45, 7) is 1.46. The smallest absolute Gasteiger partial charge is 0.416 e. The Hall–Kier alpha value is -5.36. The van der Waals surface area contributed by atoms with Crippen molar-refractivity contribution in [1.82, 2.24) is 0 Å². The largest absolute Gasteiger partial charge is 0.507 e. The lowest BCUT2D eigenvalue weighted by atomic mass is 9.57. The molecule has 2 aliphatic carbocycles. The van der Waals surface area contributed by atoms with E-state index in [2.05, 4.69) is 0 Å². The van der Waals surface area contributed by atoms with Crippen LogP contribution in [0.5, 0.6) is 5.75 Å². The molecule has 3 aromatic carbocycles. The van der Waals surface area contributed by atoms with E-state index >= 15 is 0 Å². The molecule has 7 nitrogen and oxygen atoms in total. The molecule has 2 aliphatic heterocycles. The number of hydrogen-bond acceptors (Lipinski definition) is 5. The number of aromatic hydroxyl groups is 1. The van der Waals surface area contributed by atoms with Crippen molar-refractivity contribution in [3.63, 3.8) is 0 Å². The van der Waals surface area contributed by atoms with Crippen molar-refractivity contribution in [2.75, 3.05) is 9.80 Å². The molecule has 0 aromatic heterocycles. The van der Waals surface area contributed by atoms with E-state index in [1.807, 2.05) is 0 Å². The summed E-state index contributed by atoms with van der Waals surface area (Å²) in [4.78, 5) is 56.7. The van der Waals surface area contributed by atoms with Crippen LogP contribution in [-0.2, 0) is 43.9 Å². The van der Waals surface area contributed by atoms with Gasteiger partial charge in [0.1, 0.15) is 5.75 Å². The molecule has 4 aliphatic rings. The van der Waals surface area contributed by atoms with Crippen LogP contribution >= 0.6 is 0 Å². The Morgan fingerprint density at radius 1 is 0.571 bits per heavy atom. The fourth-order valence-electron chi connectivity index (χ4n) is 8.51. The van der Waals surface area contributed by atoms with E-state index in [4.69, 9.17) is 0 Å². The minimum atomic E-state index is -5.36. The predicted molar refractivity (Wildman–Crippen MR) is 168 cm³/mol. The molecule has 1 N–H and O–H groups in total. The minimum absolute atomic E-state index is 0.0289. The molecule has 0 spiro atoms. The zero-order valence-corrected chi connectivity index (χ0v) is 28.2. The van der Waals surface area contributed by atoms with Gasteiger partial charge in [-0.2, -0.15) is 52.7 Å². The average Bonchev–Trinajstić information content (AvgIpc) is 3.50. The molecule has 0 unspecified atom stereocenters. The molecule has 3 fully saturated rings. The van der Waals surface area contributed by atoms with Gasteiger partial charge >= 0.3 is 24.7 Å². The van der Waals surface area contributed by atoms with Crippen molar-refractivity contribution >= 4 is 35.0 Å². The number of phenols is 1. The van der Waals surface area contributed by atoms with Gasteiger partial charge in [-0.15, -0.1) is 0 Å². The number of nitrogens with zero attached hydrogens (tertiary/aromatic N) is 2. The van der Waals surface area contributed by atoms with Crippen LogP contribution in [0.3, 0.4) is 0 Å². The Bertz CT molecular complexity index is 2180. The normalized spacial score (nSPS) is 25.7. The molecule has 6 atom stereocenters. The van der Waals surface area contributed by atoms with Gasteiger partial charge in [-0.05, 0) is 67.6 Å². The fraction of sp³-hybridized carbons (Fsp3) is 0.351. The summed E-state index contributed by atoms with van der Waals surface area (Å²) in [5.41, 5.74) is -9.04. The Kier molecular flexibility index (Phi) is 8.73. The van der Waals surface area contributed by atoms with E-state index in [1.54, 1.807) is 0 Å². The molecule has 296 valence electrons. The quantitative estimate of drug-likeness (QED) is 0.162. The first-order valence-electron chi connectivity index (χ1n) is 16.6. The number of aryl methyl sites for hydroxylation is 1. The Morgan fingerprint density at radius 2 is 1.00 bits per heavy atom. The number of hydrogen-bond donors (Lipinski definition) is 1. The molecule has 2 saturated heterocycles. The minimum Gasteiger partial charge on any atom is -0.507 e. The van der Waals surface area contributed by atoms with Gasteiger partial charge in [-0.3, -0.25) is 19.2 Å². The predicted octanol–water partition coefficient (Wildman–Crippen LogP) is 8.82. The number of fused-ring (bicyclic) bond motifs is 4. The molecule has 2 heterocycles. The van der Waals surface area contributed by atoms with E-state index in [-0.39, 0.29) is 69.3 Å². The maximum atomic E-state index is 14.3. The van der Waals surface area contributed by atoms with Gasteiger partial charge < -0.3 is 5.11 Å². The van der Waals surface area contributed by atoms with Crippen molar-refractivity contribution in [3.05, 3.63) is 99.6 Å². The molecule has 7 rings (SSSR count). The molecule has 56 heavy (non-hydrogen) atoms. The van der Waals surface area contributed by atoms with Crippen LogP contribution in [0.2, 0.25) is 0 Å². The van der Waals surface area contributed by atoms with Gasteiger partial charge in [0, 0.05) is 11.5 Å². The van der Waals surface area contributed by atoms with Gasteiger partial charge in [-0.1, -0.05) is 29.8 Å². The first kappa shape index (κ1) is 38.9. The fourth-order valence-corrected chi connectivity index (χ4v) is 8.51. The number of anilines is 2. The summed E-state index contributed by atoms with van der Waals surface area (Å²) in [5, 5.41) is 11.2. The van der Waals surface area contributed by atoms with Crippen molar-refractivity contribution in [2.45, 2.75) is 50.4 Å². The second-order valence-electron chi connectivity index (χ2n) is 14.1. The van der Waals surface area contributed by atoms with E-state index in [0.717, 1.165) is 0 Å². The van der Waals surface area contributed by atoms with Crippen LogP contribution in [-0.4, -0.2) is 28.7 Å². The number of carbonyl (C=O) groups excluding carboxylic acids is 4. The van der Waals surface area contributed by atoms with E-state index in [9.17, 15) is 77.0 Å². The second-order valence-corrected chi connectivity index (χ2v) is 14.1. The number of halogens is 12. The maximum absolute atomic E-state index is 14.3. The highest BCUT2D eigenvalue weighted by atomic mass is 19.4. The van der Waals surface area contributed by atoms with Gasteiger partial charge in [0.2, 0.25) is 23.6 Å². The first-order valence-corrected chi connectivity index (χ1v) is 16.6. The van der Waals surface area contributed by atoms with Crippen molar-refractivity contribution in [2.24, 2.45) is 29.6 Å². The Morgan fingerprint density at radius 3 is 1.45 bits per heavy atom. The lowest BCUT2D eigenvalue weighted by Gasteiger charge is -2.44. The molecular weight excluding hydrogens is 780 g/mol.